The summed E-state index contributed by atoms with van der Waals surface area (Å²) in [5, 5.41) is 2.82. The predicted molar refractivity (Wildman–Crippen MR) is 111 cm³/mol. The minimum Gasteiger partial charge on any atom is -0.323 e. The van der Waals surface area contributed by atoms with Gasteiger partial charge in [-0.05, 0) is 36.0 Å². The van der Waals surface area contributed by atoms with Gasteiger partial charge in [-0.1, -0.05) is 52.2 Å². The molecule has 0 aromatic heterocycles. The molecule has 3 rings (SSSR count). The first-order valence-corrected chi connectivity index (χ1v) is 10.5. The van der Waals surface area contributed by atoms with Crippen LogP contribution >= 0.6 is 0 Å². The fourth-order valence-electron chi connectivity index (χ4n) is 3.97. The van der Waals surface area contributed by atoms with Gasteiger partial charge in [-0.3, -0.25) is 30.1 Å². The number of amides is 5. The van der Waals surface area contributed by atoms with Crippen molar-refractivity contribution < 1.29 is 19.2 Å². The monoisotopic (exact) mass is 414 g/mol. The van der Waals surface area contributed by atoms with Gasteiger partial charge in [0.25, 0.3) is 11.8 Å². The van der Waals surface area contributed by atoms with Gasteiger partial charge >= 0.3 is 6.03 Å². The van der Waals surface area contributed by atoms with Crippen LogP contribution in [0.15, 0.2) is 24.3 Å². The van der Waals surface area contributed by atoms with Crippen LogP contribution in [0.25, 0.3) is 0 Å². The van der Waals surface area contributed by atoms with Crippen molar-refractivity contribution in [1.29, 1.82) is 0 Å². The molecule has 1 saturated carbocycles. The van der Waals surface area contributed by atoms with Crippen molar-refractivity contribution in [3.63, 3.8) is 0 Å². The highest BCUT2D eigenvalue weighted by molar-refractivity contribution is 6.07. The van der Waals surface area contributed by atoms with Crippen molar-refractivity contribution in [3.8, 4) is 0 Å². The van der Waals surface area contributed by atoms with Gasteiger partial charge in [0.2, 0.25) is 5.91 Å². The molecule has 5 amide bonds. The van der Waals surface area contributed by atoms with Crippen molar-refractivity contribution in [3.05, 3.63) is 35.4 Å². The molecule has 1 aliphatic heterocycles. The number of imide groups is 1. The molecule has 0 atom stereocenters. The van der Waals surface area contributed by atoms with Crippen LogP contribution < -0.4 is 16.2 Å². The summed E-state index contributed by atoms with van der Waals surface area (Å²) in [6.45, 7) is 6.24. The van der Waals surface area contributed by atoms with E-state index < -0.39 is 23.4 Å². The van der Waals surface area contributed by atoms with E-state index in [0.29, 0.717) is 18.4 Å². The average molecular weight is 415 g/mol. The van der Waals surface area contributed by atoms with Crippen molar-refractivity contribution in [2.24, 2.45) is 0 Å². The SMILES string of the molecule is CC(C)(C)c1ccc(C(=O)NNC(=O)CCN2C(=O)NC3(CCCCC3)C2=O)cc1. The van der Waals surface area contributed by atoms with Gasteiger partial charge in [-0.25, -0.2) is 4.79 Å². The Hall–Kier alpha value is -2.90. The van der Waals surface area contributed by atoms with Crippen LogP contribution in [-0.2, 0) is 15.0 Å². The first-order chi connectivity index (χ1) is 14.1. The number of rotatable bonds is 4. The second-order valence-electron chi connectivity index (χ2n) is 9.11. The molecule has 1 aromatic carbocycles. The largest absolute Gasteiger partial charge is 0.325 e. The Balaban J connectivity index is 1.47. The van der Waals surface area contributed by atoms with E-state index in [4.69, 9.17) is 0 Å². The lowest BCUT2D eigenvalue weighted by Crippen LogP contribution is -2.48. The Labute approximate surface area is 176 Å². The Bertz CT molecular complexity index is 836. The smallest absolute Gasteiger partial charge is 0.323 e. The van der Waals surface area contributed by atoms with Gasteiger partial charge in [-0.15, -0.1) is 0 Å². The molecule has 3 N–H and O–H groups in total. The molecule has 1 spiro atoms. The molecule has 2 fully saturated rings. The molecule has 8 nitrogen and oxygen atoms in total. The maximum Gasteiger partial charge on any atom is 0.325 e. The van der Waals surface area contributed by atoms with E-state index in [-0.39, 0.29) is 24.3 Å². The number of hydrogen-bond acceptors (Lipinski definition) is 4. The lowest BCUT2D eigenvalue weighted by molar-refractivity contribution is -0.132. The van der Waals surface area contributed by atoms with E-state index in [2.05, 4.69) is 36.9 Å². The average Bonchev–Trinajstić information content (AvgIpc) is 2.93. The number of carbonyl (C=O) groups is 4. The Morgan fingerprint density at radius 1 is 1.03 bits per heavy atom. The van der Waals surface area contributed by atoms with Gasteiger partial charge in [0, 0.05) is 18.5 Å². The van der Waals surface area contributed by atoms with Crippen LogP contribution in [0.4, 0.5) is 4.79 Å². The van der Waals surface area contributed by atoms with E-state index in [9.17, 15) is 19.2 Å². The first kappa shape index (κ1) is 21.8. The van der Waals surface area contributed by atoms with Crippen molar-refractivity contribution >= 4 is 23.8 Å². The molecule has 0 radical (unpaired) electrons. The van der Waals surface area contributed by atoms with Crippen LogP contribution in [0, 0.1) is 0 Å². The number of hydrazine groups is 1. The Morgan fingerprint density at radius 2 is 1.67 bits per heavy atom. The van der Waals surface area contributed by atoms with Crippen LogP contribution in [0.5, 0.6) is 0 Å². The van der Waals surface area contributed by atoms with Gasteiger partial charge in [0.15, 0.2) is 0 Å². The highest BCUT2D eigenvalue weighted by Crippen LogP contribution is 2.33. The minimum atomic E-state index is -0.792. The third-order valence-corrected chi connectivity index (χ3v) is 5.84. The summed E-state index contributed by atoms with van der Waals surface area (Å²) in [4.78, 5) is 50.3. The topological polar surface area (TPSA) is 108 Å². The summed E-state index contributed by atoms with van der Waals surface area (Å²) in [5.74, 6) is -1.15. The Morgan fingerprint density at radius 3 is 2.27 bits per heavy atom. The summed E-state index contributed by atoms with van der Waals surface area (Å²) >= 11 is 0. The molecule has 0 bridgehead atoms. The summed E-state index contributed by atoms with van der Waals surface area (Å²) in [5.41, 5.74) is 5.44. The van der Waals surface area contributed by atoms with E-state index >= 15 is 0 Å². The molecule has 1 aliphatic carbocycles. The second-order valence-corrected chi connectivity index (χ2v) is 9.11. The van der Waals surface area contributed by atoms with Crippen LogP contribution in [-0.4, -0.2) is 40.7 Å². The van der Waals surface area contributed by atoms with Crippen LogP contribution in [0.1, 0.15) is 75.2 Å². The third kappa shape index (κ3) is 4.63. The lowest BCUT2D eigenvalue weighted by atomic mass is 9.82. The second kappa shape index (κ2) is 8.45. The minimum absolute atomic E-state index is 0.0152. The maximum atomic E-state index is 12.7. The van der Waals surface area contributed by atoms with Crippen LogP contribution in [0.3, 0.4) is 0 Å². The van der Waals surface area contributed by atoms with Crippen LogP contribution in [0.2, 0.25) is 0 Å². The van der Waals surface area contributed by atoms with Crippen molar-refractivity contribution in [2.75, 3.05) is 6.54 Å². The van der Waals surface area contributed by atoms with Crippen molar-refractivity contribution in [1.82, 2.24) is 21.1 Å². The fourth-order valence-corrected chi connectivity index (χ4v) is 3.97. The zero-order chi connectivity index (χ0) is 21.9. The van der Waals surface area contributed by atoms with Crippen molar-refractivity contribution in [2.45, 2.75) is 70.3 Å². The number of nitrogens with one attached hydrogen (secondary N) is 3. The maximum absolute atomic E-state index is 12.7. The fraction of sp³-hybridized carbons (Fsp3) is 0.545. The lowest BCUT2D eigenvalue weighted by Gasteiger charge is -2.30. The predicted octanol–water partition coefficient (Wildman–Crippen LogP) is 2.39. The molecule has 1 saturated heterocycles. The molecule has 1 aromatic rings. The summed E-state index contributed by atoms with van der Waals surface area (Å²) in [6, 6.07) is 6.74. The number of carbonyl (C=O) groups excluding carboxylic acids is 4. The standard InChI is InChI=1S/C22H30N4O4/c1-21(2,3)16-9-7-15(8-10-16)18(28)25-24-17(27)11-14-26-19(29)22(23-20(26)30)12-5-4-6-13-22/h7-10H,4-6,11-14H2,1-3H3,(H,23,30)(H,24,27)(H,25,28). The highest BCUT2D eigenvalue weighted by atomic mass is 16.2. The van der Waals surface area contributed by atoms with Gasteiger partial charge in [0.05, 0.1) is 0 Å². The van der Waals surface area contributed by atoms with Gasteiger partial charge in [0.1, 0.15) is 5.54 Å². The normalized spacial score (nSPS) is 18.3. The van der Waals surface area contributed by atoms with E-state index in [1.54, 1.807) is 12.1 Å². The Kier molecular flexibility index (Phi) is 6.14. The van der Waals surface area contributed by atoms with E-state index in [1.807, 2.05) is 12.1 Å². The summed E-state index contributed by atoms with van der Waals surface area (Å²) < 4.78 is 0. The summed E-state index contributed by atoms with van der Waals surface area (Å²) in [6.07, 6.45) is 4.07. The van der Waals surface area contributed by atoms with Gasteiger partial charge in [-0.2, -0.15) is 0 Å². The number of hydrogen-bond donors (Lipinski definition) is 3. The zero-order valence-electron chi connectivity index (χ0n) is 17.8. The molecule has 0 unspecified atom stereocenters. The number of urea groups is 1. The third-order valence-electron chi connectivity index (χ3n) is 5.84. The molecule has 1 heterocycles. The van der Waals surface area contributed by atoms with E-state index in [0.717, 1.165) is 29.7 Å². The first-order valence-electron chi connectivity index (χ1n) is 10.5. The molecule has 30 heavy (non-hydrogen) atoms. The molecule has 8 heteroatoms. The number of nitrogens with zero attached hydrogens (tertiary/aromatic N) is 1. The number of benzene rings is 1. The quantitative estimate of drug-likeness (QED) is 0.519. The zero-order valence-corrected chi connectivity index (χ0v) is 17.8. The molecular weight excluding hydrogens is 384 g/mol. The highest BCUT2D eigenvalue weighted by Gasteiger charge is 2.51. The summed E-state index contributed by atoms with van der Waals surface area (Å²) in [7, 11) is 0. The van der Waals surface area contributed by atoms with Gasteiger partial charge < -0.3 is 5.32 Å². The van der Waals surface area contributed by atoms with E-state index in [1.165, 1.54) is 0 Å². The molecule has 2 aliphatic rings. The molecule has 162 valence electrons. The molecular formula is C22H30N4O4.